The Morgan fingerprint density at radius 2 is 2.28 bits per heavy atom. The number of carbonyl (C=O) groups excluding carboxylic acids is 1. The monoisotopic (exact) mass is 251 g/mol. The van der Waals surface area contributed by atoms with E-state index in [9.17, 15) is 4.79 Å². The molecule has 5 nitrogen and oxygen atoms in total. The van der Waals surface area contributed by atoms with Gasteiger partial charge in [0.1, 0.15) is 5.69 Å². The molecule has 0 bridgehead atoms. The second kappa shape index (κ2) is 4.72. The van der Waals surface area contributed by atoms with E-state index in [1.165, 1.54) is 0 Å². The van der Waals surface area contributed by atoms with Crippen LogP contribution in [0.25, 0.3) is 0 Å². The summed E-state index contributed by atoms with van der Waals surface area (Å²) in [5.41, 5.74) is 1.34. The Balaban J connectivity index is 2.08. The third-order valence-corrected chi connectivity index (χ3v) is 3.30. The lowest BCUT2D eigenvalue weighted by Gasteiger charge is -2.15. The molecule has 2 rings (SSSR count). The zero-order valence-corrected chi connectivity index (χ0v) is 11.5. The van der Waals surface area contributed by atoms with Crippen molar-refractivity contribution in [3.8, 4) is 0 Å². The SMILES string of the molecule is COCC1(NC(=O)c2cc(C)n(C(C)C)n2)CC1. The van der Waals surface area contributed by atoms with Crippen molar-refractivity contribution in [2.24, 2.45) is 0 Å². The maximum absolute atomic E-state index is 12.1. The van der Waals surface area contributed by atoms with Gasteiger partial charge in [-0.25, -0.2) is 0 Å². The molecule has 1 aromatic heterocycles. The Hall–Kier alpha value is -1.36. The number of ether oxygens (including phenoxy) is 1. The zero-order chi connectivity index (χ0) is 13.3. The first-order chi connectivity index (χ1) is 8.47. The third-order valence-electron chi connectivity index (χ3n) is 3.30. The molecule has 1 aliphatic rings. The quantitative estimate of drug-likeness (QED) is 0.866. The first kappa shape index (κ1) is 13.1. The normalized spacial score (nSPS) is 16.9. The van der Waals surface area contributed by atoms with Crippen molar-refractivity contribution in [3.05, 3.63) is 17.5 Å². The van der Waals surface area contributed by atoms with Crippen molar-refractivity contribution < 1.29 is 9.53 Å². The molecule has 1 aromatic rings. The van der Waals surface area contributed by atoms with Crippen LogP contribution >= 0.6 is 0 Å². The first-order valence-corrected chi connectivity index (χ1v) is 6.35. The lowest BCUT2D eigenvalue weighted by Crippen LogP contribution is -2.40. The van der Waals surface area contributed by atoms with E-state index >= 15 is 0 Å². The molecule has 1 amide bonds. The van der Waals surface area contributed by atoms with Gasteiger partial charge in [0.15, 0.2) is 0 Å². The fourth-order valence-corrected chi connectivity index (χ4v) is 2.16. The van der Waals surface area contributed by atoms with Gasteiger partial charge in [0.25, 0.3) is 5.91 Å². The topological polar surface area (TPSA) is 56.1 Å². The summed E-state index contributed by atoms with van der Waals surface area (Å²) >= 11 is 0. The number of aryl methyl sites for hydroxylation is 1. The summed E-state index contributed by atoms with van der Waals surface area (Å²) in [5.74, 6) is -0.105. The highest BCUT2D eigenvalue weighted by Crippen LogP contribution is 2.35. The predicted octanol–water partition coefficient (Wildman–Crippen LogP) is 1.68. The molecule has 18 heavy (non-hydrogen) atoms. The second-order valence-corrected chi connectivity index (χ2v) is 5.38. The average molecular weight is 251 g/mol. The summed E-state index contributed by atoms with van der Waals surface area (Å²) < 4.78 is 7.00. The highest BCUT2D eigenvalue weighted by atomic mass is 16.5. The molecule has 1 fully saturated rings. The summed E-state index contributed by atoms with van der Waals surface area (Å²) in [6.45, 7) is 6.64. The highest BCUT2D eigenvalue weighted by Gasteiger charge is 2.44. The molecule has 1 aliphatic carbocycles. The number of rotatable bonds is 5. The highest BCUT2D eigenvalue weighted by molar-refractivity contribution is 5.93. The lowest BCUT2D eigenvalue weighted by atomic mass is 10.2. The molecule has 1 heterocycles. The number of amides is 1. The van der Waals surface area contributed by atoms with Crippen LogP contribution < -0.4 is 5.32 Å². The molecular weight excluding hydrogens is 230 g/mol. The molecule has 0 aliphatic heterocycles. The van der Waals surface area contributed by atoms with Gasteiger partial charge in [0.05, 0.1) is 12.1 Å². The van der Waals surface area contributed by atoms with Crippen molar-refractivity contribution in [1.82, 2.24) is 15.1 Å². The summed E-state index contributed by atoms with van der Waals surface area (Å²) in [7, 11) is 1.66. The van der Waals surface area contributed by atoms with Crippen molar-refractivity contribution in [2.45, 2.75) is 45.2 Å². The molecule has 0 radical (unpaired) electrons. The van der Waals surface area contributed by atoms with Gasteiger partial charge in [-0.05, 0) is 39.7 Å². The van der Waals surface area contributed by atoms with Crippen molar-refractivity contribution in [2.75, 3.05) is 13.7 Å². The molecular formula is C13H21N3O2. The second-order valence-electron chi connectivity index (χ2n) is 5.38. The van der Waals surface area contributed by atoms with Gasteiger partial charge in [-0.1, -0.05) is 0 Å². The fraction of sp³-hybridized carbons (Fsp3) is 0.692. The van der Waals surface area contributed by atoms with Gasteiger partial charge in [0.2, 0.25) is 0 Å². The number of hydrogen-bond donors (Lipinski definition) is 1. The summed E-state index contributed by atoms with van der Waals surface area (Å²) in [4.78, 5) is 12.1. The minimum atomic E-state index is -0.151. The number of hydrogen-bond acceptors (Lipinski definition) is 3. The number of nitrogens with zero attached hydrogens (tertiary/aromatic N) is 2. The van der Waals surface area contributed by atoms with E-state index in [1.807, 2.05) is 17.7 Å². The minimum Gasteiger partial charge on any atom is -0.382 e. The van der Waals surface area contributed by atoms with Crippen molar-refractivity contribution >= 4 is 5.91 Å². The summed E-state index contributed by atoms with van der Waals surface area (Å²) in [6, 6.07) is 2.10. The van der Waals surface area contributed by atoms with Crippen LogP contribution in [0, 0.1) is 6.92 Å². The third kappa shape index (κ3) is 2.56. The van der Waals surface area contributed by atoms with Crippen LogP contribution in [-0.4, -0.2) is 34.9 Å². The molecule has 0 spiro atoms. The Bertz CT molecular complexity index is 447. The maximum Gasteiger partial charge on any atom is 0.272 e. The summed E-state index contributed by atoms with van der Waals surface area (Å²) in [6.07, 6.45) is 1.97. The van der Waals surface area contributed by atoms with Crippen molar-refractivity contribution in [1.29, 1.82) is 0 Å². The van der Waals surface area contributed by atoms with Gasteiger partial charge in [-0.2, -0.15) is 5.10 Å². The summed E-state index contributed by atoms with van der Waals surface area (Å²) in [5, 5.41) is 7.37. The van der Waals surface area contributed by atoms with Gasteiger partial charge in [0, 0.05) is 18.8 Å². The van der Waals surface area contributed by atoms with Crippen LogP contribution in [-0.2, 0) is 4.74 Å². The van der Waals surface area contributed by atoms with E-state index in [0.29, 0.717) is 12.3 Å². The lowest BCUT2D eigenvalue weighted by molar-refractivity contribution is 0.0876. The minimum absolute atomic E-state index is 0.105. The number of nitrogens with one attached hydrogen (secondary N) is 1. The first-order valence-electron chi connectivity index (χ1n) is 6.35. The van der Waals surface area contributed by atoms with E-state index in [4.69, 9.17) is 4.74 Å². The average Bonchev–Trinajstić information content (AvgIpc) is 2.90. The number of aromatic nitrogens is 2. The van der Waals surface area contributed by atoms with Gasteiger partial charge in [-0.3, -0.25) is 9.48 Å². The standard InChI is InChI=1S/C13H21N3O2/c1-9(2)16-10(3)7-11(15-16)12(17)14-13(5-6-13)8-18-4/h7,9H,5-6,8H2,1-4H3,(H,14,17). The smallest absolute Gasteiger partial charge is 0.272 e. The zero-order valence-electron chi connectivity index (χ0n) is 11.5. The molecule has 0 aromatic carbocycles. The van der Waals surface area contributed by atoms with Gasteiger partial charge in [-0.15, -0.1) is 0 Å². The van der Waals surface area contributed by atoms with E-state index in [-0.39, 0.29) is 17.5 Å². The van der Waals surface area contributed by atoms with Crippen LogP contribution in [0.5, 0.6) is 0 Å². The Labute approximate surface area is 108 Å². The molecule has 1 saturated carbocycles. The molecule has 100 valence electrons. The fourth-order valence-electron chi connectivity index (χ4n) is 2.16. The van der Waals surface area contributed by atoms with Crippen LogP contribution in [0.3, 0.4) is 0 Å². The molecule has 0 saturated heterocycles. The Morgan fingerprint density at radius 1 is 1.61 bits per heavy atom. The molecule has 1 N–H and O–H groups in total. The van der Waals surface area contributed by atoms with Crippen LogP contribution in [0.15, 0.2) is 6.07 Å². The molecule has 0 unspecified atom stereocenters. The van der Waals surface area contributed by atoms with Crippen LogP contribution in [0.1, 0.15) is 48.9 Å². The largest absolute Gasteiger partial charge is 0.382 e. The van der Waals surface area contributed by atoms with Crippen molar-refractivity contribution in [3.63, 3.8) is 0 Å². The Kier molecular flexibility index (Phi) is 3.43. The van der Waals surface area contributed by atoms with Crippen LogP contribution in [0.4, 0.5) is 0 Å². The van der Waals surface area contributed by atoms with E-state index in [0.717, 1.165) is 18.5 Å². The Morgan fingerprint density at radius 3 is 2.72 bits per heavy atom. The predicted molar refractivity (Wildman–Crippen MR) is 68.7 cm³/mol. The number of methoxy groups -OCH3 is 1. The van der Waals surface area contributed by atoms with Crippen LogP contribution in [0.2, 0.25) is 0 Å². The van der Waals surface area contributed by atoms with E-state index < -0.39 is 0 Å². The van der Waals surface area contributed by atoms with E-state index in [1.54, 1.807) is 7.11 Å². The maximum atomic E-state index is 12.1. The van der Waals surface area contributed by atoms with Gasteiger partial charge >= 0.3 is 0 Å². The van der Waals surface area contributed by atoms with E-state index in [2.05, 4.69) is 24.3 Å². The molecule has 5 heteroatoms. The van der Waals surface area contributed by atoms with Gasteiger partial charge < -0.3 is 10.1 Å². The molecule has 0 atom stereocenters. The number of carbonyl (C=O) groups is 1.